The molecule has 0 aliphatic heterocycles. The summed E-state index contributed by atoms with van der Waals surface area (Å²) in [5.41, 5.74) is 3.36. The summed E-state index contributed by atoms with van der Waals surface area (Å²) in [6.07, 6.45) is 3.30. The zero-order valence-corrected chi connectivity index (χ0v) is 18.5. The monoisotopic (exact) mass is 427 g/mol. The third kappa shape index (κ3) is 6.80. The predicted molar refractivity (Wildman–Crippen MR) is 116 cm³/mol. The first-order valence-corrected chi connectivity index (χ1v) is 10.1. The van der Waals surface area contributed by atoms with Crippen molar-refractivity contribution in [3.8, 4) is 5.69 Å². The van der Waals surface area contributed by atoms with Gasteiger partial charge in [0.25, 0.3) is 5.91 Å². The SMILES string of the molecule is COC(=O)C(CC(C)C)NC(=O)COC(=O)/C=C/c1c(C)nn(-c2ccccc2)c1C. The van der Waals surface area contributed by atoms with Crippen molar-refractivity contribution in [1.82, 2.24) is 15.1 Å². The number of carbonyl (C=O) groups excluding carboxylic acids is 3. The average Bonchev–Trinajstić information content (AvgIpc) is 3.03. The van der Waals surface area contributed by atoms with E-state index < -0.39 is 30.5 Å². The minimum Gasteiger partial charge on any atom is -0.467 e. The van der Waals surface area contributed by atoms with Crippen LogP contribution in [0.3, 0.4) is 0 Å². The fourth-order valence-corrected chi connectivity index (χ4v) is 3.12. The molecule has 1 heterocycles. The van der Waals surface area contributed by atoms with Crippen LogP contribution in [0, 0.1) is 19.8 Å². The Labute approximate surface area is 182 Å². The molecule has 0 aliphatic carbocycles. The lowest BCUT2D eigenvalue weighted by Crippen LogP contribution is -2.44. The summed E-state index contributed by atoms with van der Waals surface area (Å²) in [6, 6.07) is 8.89. The van der Waals surface area contributed by atoms with Crippen molar-refractivity contribution in [2.75, 3.05) is 13.7 Å². The number of para-hydroxylation sites is 1. The van der Waals surface area contributed by atoms with E-state index in [4.69, 9.17) is 9.47 Å². The minimum absolute atomic E-state index is 0.179. The molecule has 0 bridgehead atoms. The number of methoxy groups -OCH3 is 1. The van der Waals surface area contributed by atoms with Gasteiger partial charge in [-0.15, -0.1) is 0 Å². The largest absolute Gasteiger partial charge is 0.467 e. The van der Waals surface area contributed by atoms with Gasteiger partial charge < -0.3 is 14.8 Å². The van der Waals surface area contributed by atoms with Gasteiger partial charge in [0.05, 0.1) is 18.5 Å². The predicted octanol–water partition coefficient (Wildman–Crippen LogP) is 2.75. The second kappa shape index (κ2) is 11.1. The van der Waals surface area contributed by atoms with Crippen LogP contribution < -0.4 is 5.32 Å². The number of benzene rings is 1. The van der Waals surface area contributed by atoms with Gasteiger partial charge in [-0.2, -0.15) is 5.10 Å². The van der Waals surface area contributed by atoms with Crippen LogP contribution in [-0.4, -0.2) is 47.4 Å². The Balaban J connectivity index is 1.96. The van der Waals surface area contributed by atoms with Gasteiger partial charge >= 0.3 is 11.9 Å². The molecule has 0 aliphatic rings. The van der Waals surface area contributed by atoms with Gasteiger partial charge in [-0.25, -0.2) is 14.3 Å². The van der Waals surface area contributed by atoms with Crippen LogP contribution in [0.5, 0.6) is 0 Å². The summed E-state index contributed by atoms with van der Waals surface area (Å²) in [7, 11) is 1.26. The molecule has 2 aromatic rings. The van der Waals surface area contributed by atoms with E-state index in [1.807, 2.05) is 58.0 Å². The molecule has 1 aromatic carbocycles. The van der Waals surface area contributed by atoms with Gasteiger partial charge in [0.15, 0.2) is 6.61 Å². The van der Waals surface area contributed by atoms with Crippen molar-refractivity contribution >= 4 is 23.9 Å². The Kier molecular flexibility index (Phi) is 8.54. The maximum absolute atomic E-state index is 12.1. The Bertz CT molecular complexity index is 948. The second-order valence-electron chi connectivity index (χ2n) is 7.55. The van der Waals surface area contributed by atoms with E-state index in [1.165, 1.54) is 13.2 Å². The number of aromatic nitrogens is 2. The van der Waals surface area contributed by atoms with Crippen LogP contribution >= 0.6 is 0 Å². The van der Waals surface area contributed by atoms with Crippen LogP contribution in [-0.2, 0) is 23.9 Å². The molecule has 0 saturated heterocycles. The fraction of sp³-hybridized carbons (Fsp3) is 0.391. The number of amides is 1. The van der Waals surface area contributed by atoms with E-state index in [0.29, 0.717) is 6.42 Å². The number of nitrogens with zero attached hydrogens (tertiary/aromatic N) is 2. The van der Waals surface area contributed by atoms with Crippen LogP contribution in [0.25, 0.3) is 11.8 Å². The van der Waals surface area contributed by atoms with E-state index in [0.717, 1.165) is 22.6 Å². The van der Waals surface area contributed by atoms with Crippen molar-refractivity contribution in [3.05, 3.63) is 53.4 Å². The Hall–Kier alpha value is -3.42. The molecule has 166 valence electrons. The molecule has 1 atom stereocenters. The third-order valence-corrected chi connectivity index (χ3v) is 4.61. The number of carbonyl (C=O) groups is 3. The highest BCUT2D eigenvalue weighted by Gasteiger charge is 2.23. The number of nitrogens with one attached hydrogen (secondary N) is 1. The molecule has 2 rings (SSSR count). The summed E-state index contributed by atoms with van der Waals surface area (Å²) < 4.78 is 11.5. The molecule has 0 fully saturated rings. The summed E-state index contributed by atoms with van der Waals surface area (Å²) >= 11 is 0. The highest BCUT2D eigenvalue weighted by atomic mass is 16.5. The van der Waals surface area contributed by atoms with E-state index in [2.05, 4.69) is 10.4 Å². The summed E-state index contributed by atoms with van der Waals surface area (Å²) in [5.74, 6) is -1.59. The number of aryl methyl sites for hydroxylation is 1. The van der Waals surface area contributed by atoms with Crippen molar-refractivity contribution in [2.45, 2.75) is 40.2 Å². The molecule has 1 amide bonds. The van der Waals surface area contributed by atoms with E-state index in [1.54, 1.807) is 10.8 Å². The van der Waals surface area contributed by atoms with Crippen LogP contribution in [0.4, 0.5) is 0 Å². The van der Waals surface area contributed by atoms with Crippen molar-refractivity contribution in [2.24, 2.45) is 5.92 Å². The van der Waals surface area contributed by atoms with E-state index >= 15 is 0 Å². The molecular formula is C23H29N3O5. The van der Waals surface area contributed by atoms with E-state index in [-0.39, 0.29) is 5.92 Å². The van der Waals surface area contributed by atoms with Crippen LogP contribution in [0.2, 0.25) is 0 Å². The first kappa shape index (κ1) is 23.9. The maximum atomic E-state index is 12.1. The zero-order chi connectivity index (χ0) is 23.0. The van der Waals surface area contributed by atoms with E-state index in [9.17, 15) is 14.4 Å². The second-order valence-corrected chi connectivity index (χ2v) is 7.55. The molecular weight excluding hydrogens is 398 g/mol. The van der Waals surface area contributed by atoms with Gasteiger partial charge in [-0.05, 0) is 44.4 Å². The fourth-order valence-electron chi connectivity index (χ4n) is 3.12. The lowest BCUT2D eigenvalue weighted by Gasteiger charge is -2.18. The molecule has 0 spiro atoms. The normalized spacial score (nSPS) is 12.1. The lowest BCUT2D eigenvalue weighted by molar-refractivity contribution is -0.148. The minimum atomic E-state index is -0.777. The summed E-state index contributed by atoms with van der Waals surface area (Å²) in [4.78, 5) is 35.9. The molecule has 1 N–H and O–H groups in total. The smallest absolute Gasteiger partial charge is 0.331 e. The topological polar surface area (TPSA) is 99.5 Å². The summed E-state index contributed by atoms with van der Waals surface area (Å²) in [6.45, 7) is 7.13. The number of rotatable bonds is 9. The maximum Gasteiger partial charge on any atom is 0.331 e. The molecule has 8 nitrogen and oxygen atoms in total. The molecule has 1 aromatic heterocycles. The highest BCUT2D eigenvalue weighted by molar-refractivity contribution is 5.90. The zero-order valence-electron chi connectivity index (χ0n) is 18.5. The van der Waals surface area contributed by atoms with Crippen molar-refractivity contribution in [3.63, 3.8) is 0 Å². The molecule has 0 saturated carbocycles. The highest BCUT2D eigenvalue weighted by Crippen LogP contribution is 2.19. The number of ether oxygens (including phenoxy) is 2. The van der Waals surface area contributed by atoms with Crippen LogP contribution in [0.1, 0.15) is 37.2 Å². The number of hydrogen-bond acceptors (Lipinski definition) is 6. The summed E-state index contributed by atoms with van der Waals surface area (Å²) in [5, 5.41) is 7.06. The van der Waals surface area contributed by atoms with Gasteiger partial charge in [0, 0.05) is 17.3 Å². The molecule has 31 heavy (non-hydrogen) atoms. The number of hydrogen-bond donors (Lipinski definition) is 1. The average molecular weight is 428 g/mol. The van der Waals surface area contributed by atoms with Crippen molar-refractivity contribution in [1.29, 1.82) is 0 Å². The lowest BCUT2D eigenvalue weighted by atomic mass is 10.0. The van der Waals surface area contributed by atoms with Gasteiger partial charge in [0.1, 0.15) is 6.04 Å². The molecule has 0 radical (unpaired) electrons. The van der Waals surface area contributed by atoms with Crippen molar-refractivity contribution < 1.29 is 23.9 Å². The standard InChI is InChI=1S/C23H29N3O5/c1-15(2)13-20(23(29)30-5)24-21(27)14-31-22(28)12-11-19-16(3)25-26(17(19)4)18-9-7-6-8-10-18/h6-12,15,20H,13-14H2,1-5H3,(H,24,27)/b12-11+. The van der Waals surface area contributed by atoms with Crippen LogP contribution in [0.15, 0.2) is 36.4 Å². The first-order valence-electron chi connectivity index (χ1n) is 10.1. The third-order valence-electron chi connectivity index (χ3n) is 4.61. The quantitative estimate of drug-likeness (QED) is 0.488. The Morgan fingerprint density at radius 2 is 1.84 bits per heavy atom. The molecule has 8 heteroatoms. The van der Waals surface area contributed by atoms with Gasteiger partial charge in [-0.1, -0.05) is 32.0 Å². The molecule has 1 unspecified atom stereocenters. The first-order chi connectivity index (χ1) is 14.7. The Morgan fingerprint density at radius 3 is 2.45 bits per heavy atom. The number of esters is 2. The Morgan fingerprint density at radius 1 is 1.16 bits per heavy atom. The van der Waals surface area contributed by atoms with Gasteiger partial charge in [0.2, 0.25) is 0 Å². The van der Waals surface area contributed by atoms with Gasteiger partial charge in [-0.3, -0.25) is 4.79 Å².